The Morgan fingerprint density at radius 1 is 0.706 bits per heavy atom. The Morgan fingerprint density at radius 3 is 1.74 bits per heavy atom. The maximum absolute atomic E-state index is 14.1. The van der Waals surface area contributed by atoms with Crippen LogP contribution in [0.25, 0.3) is 17.0 Å². The SMILES string of the molecule is FC(F)c1nc2ccccc2n1-c1nc(N2C3CCC2COC3)nc(N2C3CCC2COC3)n1. The Kier molecular flexibility index (Phi) is 4.70. The number of morpholine rings is 2. The summed E-state index contributed by atoms with van der Waals surface area (Å²) >= 11 is 0. The number of aromatic nitrogens is 5. The van der Waals surface area contributed by atoms with Gasteiger partial charge in [-0.1, -0.05) is 12.1 Å². The van der Waals surface area contributed by atoms with E-state index < -0.39 is 6.43 Å². The maximum atomic E-state index is 14.1. The molecule has 4 aliphatic rings. The van der Waals surface area contributed by atoms with Gasteiger partial charge in [0.15, 0.2) is 5.82 Å². The van der Waals surface area contributed by atoms with Crippen LogP contribution < -0.4 is 9.80 Å². The molecule has 0 radical (unpaired) electrons. The van der Waals surface area contributed by atoms with E-state index in [-0.39, 0.29) is 35.9 Å². The minimum Gasteiger partial charge on any atom is -0.377 e. The van der Waals surface area contributed by atoms with Gasteiger partial charge in [0.1, 0.15) is 0 Å². The number of imidazole rings is 1. The van der Waals surface area contributed by atoms with Gasteiger partial charge in [-0.25, -0.2) is 13.8 Å². The second-order valence-corrected chi connectivity index (χ2v) is 9.49. The van der Waals surface area contributed by atoms with Gasteiger partial charge in [0.05, 0.1) is 61.6 Å². The van der Waals surface area contributed by atoms with E-state index in [0.29, 0.717) is 49.4 Å². The molecule has 34 heavy (non-hydrogen) atoms. The molecular formula is C23H25F2N7O2. The van der Waals surface area contributed by atoms with E-state index in [0.717, 1.165) is 25.7 Å². The van der Waals surface area contributed by atoms with Gasteiger partial charge >= 0.3 is 0 Å². The summed E-state index contributed by atoms with van der Waals surface area (Å²) in [7, 11) is 0. The topological polar surface area (TPSA) is 81.4 Å². The largest absolute Gasteiger partial charge is 0.377 e. The number of rotatable bonds is 4. The maximum Gasteiger partial charge on any atom is 0.296 e. The van der Waals surface area contributed by atoms with Crippen LogP contribution in [0.4, 0.5) is 20.7 Å². The lowest BCUT2D eigenvalue weighted by Crippen LogP contribution is -2.49. The average Bonchev–Trinajstić information content (AvgIpc) is 3.45. The zero-order chi connectivity index (χ0) is 22.8. The summed E-state index contributed by atoms with van der Waals surface area (Å²) in [6.45, 7) is 2.47. The number of alkyl halides is 2. The van der Waals surface area contributed by atoms with Crippen molar-refractivity contribution < 1.29 is 18.3 Å². The third kappa shape index (κ3) is 3.09. The van der Waals surface area contributed by atoms with E-state index in [1.807, 2.05) is 6.07 Å². The quantitative estimate of drug-likeness (QED) is 0.577. The van der Waals surface area contributed by atoms with Crippen molar-refractivity contribution in [2.45, 2.75) is 56.3 Å². The first-order chi connectivity index (χ1) is 16.7. The first-order valence-electron chi connectivity index (χ1n) is 11.9. The molecule has 9 nitrogen and oxygen atoms in total. The standard InChI is InChI=1S/C23H25F2N7O2/c24-19(25)20-26-17-3-1-2-4-18(17)32(20)23-28-21(30-13-5-6-14(30)10-33-9-13)27-22(29-23)31-15-7-8-16(31)12-34-11-15/h1-4,13-16,19H,5-12H2. The normalized spacial score (nSPS) is 28.4. The van der Waals surface area contributed by atoms with Gasteiger partial charge in [-0.2, -0.15) is 15.0 Å². The molecule has 4 aliphatic heterocycles. The number of benzene rings is 1. The number of nitrogens with zero attached hydrogens (tertiary/aromatic N) is 7. The molecule has 11 heteroatoms. The fraction of sp³-hybridized carbons (Fsp3) is 0.565. The van der Waals surface area contributed by atoms with Gasteiger partial charge in [-0.3, -0.25) is 4.57 Å². The summed E-state index contributed by atoms with van der Waals surface area (Å²) < 4.78 is 41.1. The molecule has 0 saturated carbocycles. The van der Waals surface area contributed by atoms with Crippen molar-refractivity contribution in [1.29, 1.82) is 0 Å². The van der Waals surface area contributed by atoms with Crippen molar-refractivity contribution in [2.24, 2.45) is 0 Å². The number of halogens is 2. The Bertz CT molecular complexity index is 1160. The summed E-state index contributed by atoms with van der Waals surface area (Å²) in [5.41, 5.74) is 1.04. The molecule has 4 unspecified atom stereocenters. The Hall–Kier alpha value is -2.92. The lowest BCUT2D eigenvalue weighted by molar-refractivity contribution is 0.0884. The second-order valence-electron chi connectivity index (χ2n) is 9.49. The summed E-state index contributed by atoms with van der Waals surface area (Å²) in [6.07, 6.45) is 1.23. The first kappa shape index (κ1) is 20.5. The van der Waals surface area contributed by atoms with Gasteiger partial charge in [0, 0.05) is 0 Å². The molecule has 3 aromatic rings. The number of anilines is 2. The smallest absolute Gasteiger partial charge is 0.296 e. The fourth-order valence-electron chi connectivity index (χ4n) is 5.99. The van der Waals surface area contributed by atoms with Crippen molar-refractivity contribution >= 4 is 22.9 Å². The summed E-state index contributed by atoms with van der Waals surface area (Å²) in [4.78, 5) is 23.1. The third-order valence-corrected chi connectivity index (χ3v) is 7.52. The van der Waals surface area contributed by atoms with E-state index in [2.05, 4.69) is 14.8 Å². The van der Waals surface area contributed by atoms with Crippen LogP contribution in [0, 0.1) is 0 Å². The van der Waals surface area contributed by atoms with E-state index in [1.165, 1.54) is 4.57 Å². The first-order valence-corrected chi connectivity index (χ1v) is 11.9. The fourth-order valence-corrected chi connectivity index (χ4v) is 5.99. The molecule has 7 rings (SSSR count). The molecule has 4 saturated heterocycles. The molecule has 0 aliphatic carbocycles. The number of hydrogen-bond donors (Lipinski definition) is 0. The number of ether oxygens (including phenoxy) is 2. The summed E-state index contributed by atoms with van der Waals surface area (Å²) in [5, 5.41) is 0. The van der Waals surface area contributed by atoms with Gasteiger partial charge in [-0.05, 0) is 37.8 Å². The Morgan fingerprint density at radius 2 is 1.21 bits per heavy atom. The highest BCUT2D eigenvalue weighted by Gasteiger charge is 2.42. The van der Waals surface area contributed by atoms with Crippen molar-refractivity contribution in [2.75, 3.05) is 36.2 Å². The highest BCUT2D eigenvalue weighted by molar-refractivity contribution is 5.77. The minimum absolute atomic E-state index is 0.178. The van der Waals surface area contributed by atoms with Crippen molar-refractivity contribution in [3.8, 4) is 5.95 Å². The van der Waals surface area contributed by atoms with Crippen LogP contribution in [-0.4, -0.2) is 75.1 Å². The van der Waals surface area contributed by atoms with E-state index in [1.54, 1.807) is 18.2 Å². The molecule has 4 atom stereocenters. The lowest BCUT2D eigenvalue weighted by atomic mass is 10.2. The van der Waals surface area contributed by atoms with Gasteiger partial charge in [0.25, 0.3) is 6.43 Å². The van der Waals surface area contributed by atoms with Gasteiger partial charge in [-0.15, -0.1) is 0 Å². The highest BCUT2D eigenvalue weighted by atomic mass is 19.3. The van der Waals surface area contributed by atoms with Crippen LogP contribution in [-0.2, 0) is 9.47 Å². The zero-order valence-electron chi connectivity index (χ0n) is 18.6. The summed E-state index contributed by atoms with van der Waals surface area (Å²) in [5.74, 6) is 0.874. The van der Waals surface area contributed by atoms with Crippen LogP contribution in [0.5, 0.6) is 0 Å². The molecule has 0 spiro atoms. The monoisotopic (exact) mass is 469 g/mol. The third-order valence-electron chi connectivity index (χ3n) is 7.52. The van der Waals surface area contributed by atoms with Gasteiger partial charge < -0.3 is 19.3 Å². The minimum atomic E-state index is -2.77. The van der Waals surface area contributed by atoms with E-state index >= 15 is 0 Å². The van der Waals surface area contributed by atoms with Crippen LogP contribution >= 0.6 is 0 Å². The van der Waals surface area contributed by atoms with Crippen molar-refractivity contribution in [3.05, 3.63) is 30.1 Å². The van der Waals surface area contributed by atoms with Crippen LogP contribution in [0.2, 0.25) is 0 Å². The summed E-state index contributed by atoms with van der Waals surface area (Å²) in [6, 6.07) is 7.81. The number of para-hydroxylation sites is 2. The zero-order valence-corrected chi connectivity index (χ0v) is 18.6. The number of hydrogen-bond acceptors (Lipinski definition) is 8. The molecule has 178 valence electrons. The van der Waals surface area contributed by atoms with Crippen LogP contribution in [0.15, 0.2) is 24.3 Å². The molecule has 2 aromatic heterocycles. The molecule has 1 aromatic carbocycles. The molecule has 4 bridgehead atoms. The van der Waals surface area contributed by atoms with Crippen molar-refractivity contribution in [3.63, 3.8) is 0 Å². The van der Waals surface area contributed by atoms with Crippen LogP contribution in [0.3, 0.4) is 0 Å². The molecule has 0 amide bonds. The molecule has 6 heterocycles. The molecular weight excluding hydrogens is 444 g/mol. The highest BCUT2D eigenvalue weighted by Crippen LogP contribution is 2.37. The second kappa shape index (κ2) is 7.81. The predicted molar refractivity (Wildman–Crippen MR) is 120 cm³/mol. The Balaban J connectivity index is 1.43. The molecule has 0 N–H and O–H groups in total. The van der Waals surface area contributed by atoms with Crippen LogP contribution in [0.1, 0.15) is 37.9 Å². The van der Waals surface area contributed by atoms with E-state index in [4.69, 9.17) is 24.4 Å². The molecule has 4 fully saturated rings. The average molecular weight is 469 g/mol. The predicted octanol–water partition coefficient (Wildman–Crippen LogP) is 2.88. The lowest BCUT2D eigenvalue weighted by Gasteiger charge is -2.37. The Labute approximate surface area is 194 Å². The van der Waals surface area contributed by atoms with Crippen molar-refractivity contribution in [1.82, 2.24) is 24.5 Å². The van der Waals surface area contributed by atoms with E-state index in [9.17, 15) is 8.78 Å². The number of fused-ring (bicyclic) bond motifs is 5. The van der Waals surface area contributed by atoms with Gasteiger partial charge in [0.2, 0.25) is 17.8 Å².